The first-order chi connectivity index (χ1) is 11.6. The first-order valence-corrected chi connectivity index (χ1v) is 7.79. The molecular formula is C20H19N3O. The van der Waals surface area contributed by atoms with Gasteiger partial charge in [0.1, 0.15) is 0 Å². The number of benzene rings is 2. The Morgan fingerprint density at radius 3 is 2.38 bits per heavy atom. The van der Waals surface area contributed by atoms with E-state index in [9.17, 15) is 4.79 Å². The molecule has 2 aromatic carbocycles. The molecule has 0 unspecified atom stereocenters. The summed E-state index contributed by atoms with van der Waals surface area (Å²) in [6, 6.07) is 21.8. The molecule has 0 radical (unpaired) electrons. The van der Waals surface area contributed by atoms with Gasteiger partial charge in [-0.15, -0.1) is 0 Å². The highest BCUT2D eigenvalue weighted by atomic mass is 16.1. The van der Waals surface area contributed by atoms with Crippen LogP contribution in [0.15, 0.2) is 71.7 Å². The zero-order chi connectivity index (χ0) is 16.9. The fourth-order valence-electron chi connectivity index (χ4n) is 2.56. The maximum Gasteiger partial charge on any atom is 0.221 e. The molecule has 0 aliphatic heterocycles. The van der Waals surface area contributed by atoms with Crippen LogP contribution in [0, 0.1) is 6.92 Å². The van der Waals surface area contributed by atoms with Crippen molar-refractivity contribution in [3.63, 3.8) is 0 Å². The Morgan fingerprint density at radius 1 is 1.00 bits per heavy atom. The number of aryl methyl sites for hydroxylation is 1. The molecule has 0 saturated carbocycles. The molecule has 24 heavy (non-hydrogen) atoms. The van der Waals surface area contributed by atoms with Crippen molar-refractivity contribution >= 4 is 23.5 Å². The van der Waals surface area contributed by atoms with Gasteiger partial charge in [-0.3, -0.25) is 9.79 Å². The van der Waals surface area contributed by atoms with Crippen LogP contribution in [0.5, 0.6) is 0 Å². The highest BCUT2D eigenvalue weighted by Crippen LogP contribution is 2.18. The van der Waals surface area contributed by atoms with Crippen molar-refractivity contribution in [1.82, 2.24) is 4.57 Å². The minimum absolute atomic E-state index is 0.0811. The third-order valence-electron chi connectivity index (χ3n) is 3.65. The van der Waals surface area contributed by atoms with Gasteiger partial charge in [-0.2, -0.15) is 0 Å². The van der Waals surface area contributed by atoms with E-state index >= 15 is 0 Å². The molecule has 1 N–H and O–H groups in total. The van der Waals surface area contributed by atoms with Crippen molar-refractivity contribution < 1.29 is 4.79 Å². The Hall–Kier alpha value is -3.14. The summed E-state index contributed by atoms with van der Waals surface area (Å²) in [4.78, 5) is 15.6. The van der Waals surface area contributed by atoms with Crippen molar-refractivity contribution in [3.8, 4) is 5.69 Å². The Kier molecular flexibility index (Phi) is 4.57. The number of hydrogen-bond acceptors (Lipinski definition) is 2. The van der Waals surface area contributed by atoms with Crippen molar-refractivity contribution in [1.29, 1.82) is 0 Å². The summed E-state index contributed by atoms with van der Waals surface area (Å²) in [5.41, 5.74) is 4.89. The molecule has 3 aromatic rings. The van der Waals surface area contributed by atoms with Gasteiger partial charge < -0.3 is 9.88 Å². The van der Waals surface area contributed by atoms with Crippen LogP contribution in [0.3, 0.4) is 0 Å². The van der Waals surface area contributed by atoms with Crippen LogP contribution in [0.2, 0.25) is 0 Å². The van der Waals surface area contributed by atoms with Crippen LogP contribution >= 0.6 is 0 Å². The van der Waals surface area contributed by atoms with Crippen LogP contribution in [-0.2, 0) is 4.79 Å². The lowest BCUT2D eigenvalue weighted by molar-refractivity contribution is -0.114. The van der Waals surface area contributed by atoms with Gasteiger partial charge in [0.2, 0.25) is 5.91 Å². The van der Waals surface area contributed by atoms with Crippen molar-refractivity contribution in [3.05, 3.63) is 78.1 Å². The van der Waals surface area contributed by atoms with Crippen molar-refractivity contribution in [2.45, 2.75) is 13.8 Å². The molecule has 1 heterocycles. The lowest BCUT2D eigenvalue weighted by Crippen LogP contribution is -2.04. The van der Waals surface area contributed by atoms with E-state index in [2.05, 4.69) is 46.1 Å². The van der Waals surface area contributed by atoms with Gasteiger partial charge >= 0.3 is 0 Å². The molecule has 3 rings (SSSR count). The van der Waals surface area contributed by atoms with E-state index in [4.69, 9.17) is 0 Å². The Bertz CT molecular complexity index is 862. The highest BCUT2D eigenvalue weighted by molar-refractivity contribution is 5.89. The maximum atomic E-state index is 11.0. The third kappa shape index (κ3) is 3.60. The first kappa shape index (κ1) is 15.7. The Morgan fingerprint density at radius 2 is 1.71 bits per heavy atom. The average Bonchev–Trinajstić information content (AvgIpc) is 2.95. The smallest absolute Gasteiger partial charge is 0.221 e. The monoisotopic (exact) mass is 317 g/mol. The summed E-state index contributed by atoms with van der Waals surface area (Å²) >= 11 is 0. The number of nitrogens with zero attached hydrogens (tertiary/aromatic N) is 2. The molecule has 4 nitrogen and oxygen atoms in total. The van der Waals surface area contributed by atoms with Crippen LogP contribution in [0.4, 0.5) is 11.4 Å². The summed E-state index contributed by atoms with van der Waals surface area (Å²) in [6.07, 6.45) is 1.85. The molecule has 0 aliphatic carbocycles. The number of para-hydroxylation sites is 1. The highest BCUT2D eigenvalue weighted by Gasteiger charge is 2.05. The molecular weight excluding hydrogens is 298 g/mol. The molecule has 4 heteroatoms. The Balaban J connectivity index is 1.84. The average molecular weight is 317 g/mol. The summed E-state index contributed by atoms with van der Waals surface area (Å²) in [7, 11) is 0. The van der Waals surface area contributed by atoms with E-state index in [1.807, 2.05) is 48.7 Å². The lowest BCUT2D eigenvalue weighted by Gasteiger charge is -2.09. The minimum Gasteiger partial charge on any atom is -0.326 e. The molecule has 0 atom stereocenters. The second-order valence-corrected chi connectivity index (χ2v) is 5.56. The quantitative estimate of drug-likeness (QED) is 0.708. The number of carbonyl (C=O) groups excluding carboxylic acids is 1. The largest absolute Gasteiger partial charge is 0.326 e. The van der Waals surface area contributed by atoms with Crippen LogP contribution in [0.1, 0.15) is 18.3 Å². The number of hydrogen-bond donors (Lipinski definition) is 1. The predicted octanol–water partition coefficient (Wildman–Crippen LogP) is 4.49. The normalized spacial score (nSPS) is 10.9. The summed E-state index contributed by atoms with van der Waals surface area (Å²) < 4.78 is 2.16. The number of anilines is 1. The Labute approximate surface area is 141 Å². The van der Waals surface area contributed by atoms with E-state index in [0.29, 0.717) is 0 Å². The SMILES string of the molecule is CC(=O)Nc1ccc(N=Cc2ccc(C)n2-c2ccccc2)cc1. The van der Waals surface area contributed by atoms with Gasteiger partial charge in [-0.1, -0.05) is 18.2 Å². The second-order valence-electron chi connectivity index (χ2n) is 5.56. The molecule has 0 bridgehead atoms. The van der Waals surface area contributed by atoms with E-state index in [1.54, 1.807) is 0 Å². The fourth-order valence-corrected chi connectivity index (χ4v) is 2.56. The lowest BCUT2D eigenvalue weighted by atomic mass is 10.3. The summed E-state index contributed by atoms with van der Waals surface area (Å²) in [5.74, 6) is -0.0811. The minimum atomic E-state index is -0.0811. The molecule has 0 spiro atoms. The molecule has 120 valence electrons. The van der Waals surface area contributed by atoms with Crippen LogP contribution in [0.25, 0.3) is 5.69 Å². The number of carbonyl (C=O) groups is 1. The number of aromatic nitrogens is 1. The molecule has 0 aliphatic rings. The van der Waals surface area contributed by atoms with E-state index in [-0.39, 0.29) is 5.91 Å². The number of nitrogens with one attached hydrogen (secondary N) is 1. The van der Waals surface area contributed by atoms with Gasteiger partial charge in [0.25, 0.3) is 0 Å². The zero-order valence-corrected chi connectivity index (χ0v) is 13.7. The molecule has 1 aromatic heterocycles. The standard InChI is InChI=1S/C20H19N3O/c1-15-8-13-20(23(15)19-6-4-3-5-7-19)14-21-17-9-11-18(12-10-17)22-16(2)24/h3-14H,1-2H3,(H,22,24). The third-order valence-corrected chi connectivity index (χ3v) is 3.65. The van der Waals surface area contributed by atoms with Gasteiger partial charge in [0.05, 0.1) is 17.6 Å². The fraction of sp³-hybridized carbons (Fsp3) is 0.100. The molecule has 0 saturated heterocycles. The maximum absolute atomic E-state index is 11.0. The first-order valence-electron chi connectivity index (χ1n) is 7.79. The van der Waals surface area contributed by atoms with E-state index in [1.165, 1.54) is 6.92 Å². The summed E-state index contributed by atoms with van der Waals surface area (Å²) in [5, 5.41) is 2.74. The molecule has 1 amide bonds. The van der Waals surface area contributed by atoms with Gasteiger partial charge in [0, 0.05) is 24.0 Å². The van der Waals surface area contributed by atoms with Gasteiger partial charge in [-0.05, 0) is 55.5 Å². The topological polar surface area (TPSA) is 46.4 Å². The van der Waals surface area contributed by atoms with Gasteiger partial charge in [0.15, 0.2) is 0 Å². The number of amides is 1. The summed E-state index contributed by atoms with van der Waals surface area (Å²) in [6.45, 7) is 3.57. The predicted molar refractivity (Wildman–Crippen MR) is 98.5 cm³/mol. The molecule has 0 fully saturated rings. The van der Waals surface area contributed by atoms with Crippen LogP contribution < -0.4 is 5.32 Å². The van der Waals surface area contributed by atoms with E-state index < -0.39 is 0 Å². The second kappa shape index (κ2) is 6.96. The van der Waals surface area contributed by atoms with Crippen molar-refractivity contribution in [2.75, 3.05) is 5.32 Å². The van der Waals surface area contributed by atoms with Crippen LogP contribution in [-0.4, -0.2) is 16.7 Å². The zero-order valence-electron chi connectivity index (χ0n) is 13.7. The number of rotatable bonds is 4. The van der Waals surface area contributed by atoms with Crippen molar-refractivity contribution in [2.24, 2.45) is 4.99 Å². The number of aliphatic imine (C=N–C) groups is 1. The van der Waals surface area contributed by atoms with E-state index in [0.717, 1.165) is 28.5 Å². The van der Waals surface area contributed by atoms with Gasteiger partial charge in [-0.25, -0.2) is 0 Å².